The summed E-state index contributed by atoms with van der Waals surface area (Å²) < 4.78 is 1.07. The smallest absolute Gasteiger partial charge is 0.0708 e. The van der Waals surface area contributed by atoms with Gasteiger partial charge in [-0.15, -0.1) is 0 Å². The van der Waals surface area contributed by atoms with Crippen LogP contribution in [0.5, 0.6) is 0 Å². The van der Waals surface area contributed by atoms with Crippen molar-refractivity contribution in [3.8, 4) is 0 Å². The van der Waals surface area contributed by atoms with Gasteiger partial charge in [-0.3, -0.25) is 4.98 Å². The van der Waals surface area contributed by atoms with Crippen molar-refractivity contribution < 1.29 is 0 Å². The second kappa shape index (κ2) is 6.32. The topological polar surface area (TPSA) is 16.1 Å². The van der Waals surface area contributed by atoms with E-state index < -0.39 is 0 Å². The van der Waals surface area contributed by atoms with Gasteiger partial charge < -0.3 is 4.90 Å². The Kier molecular flexibility index (Phi) is 4.25. The highest BCUT2D eigenvalue weighted by Gasteiger charge is 2.00. The molecule has 3 heteroatoms. The van der Waals surface area contributed by atoms with Gasteiger partial charge in [0, 0.05) is 35.8 Å². The molecule has 0 spiro atoms. The van der Waals surface area contributed by atoms with Gasteiger partial charge in [-0.2, -0.15) is 0 Å². The lowest BCUT2D eigenvalue weighted by molar-refractivity contribution is 1.13. The molecule has 3 rings (SSSR count). The maximum atomic E-state index is 4.41. The number of hydrogen-bond donors (Lipinski definition) is 0. The Morgan fingerprint density at radius 2 is 1.73 bits per heavy atom. The quantitative estimate of drug-likeness (QED) is 0.641. The first-order valence-corrected chi connectivity index (χ1v) is 7.92. The minimum absolute atomic E-state index is 1.01. The van der Waals surface area contributed by atoms with Crippen molar-refractivity contribution in [1.29, 1.82) is 0 Å². The molecule has 110 valence electrons. The number of benzene rings is 2. The molecule has 0 amide bonds. The highest BCUT2D eigenvalue weighted by Crippen LogP contribution is 2.23. The lowest BCUT2D eigenvalue weighted by atomic mass is 10.1. The molecule has 0 saturated carbocycles. The van der Waals surface area contributed by atoms with Crippen molar-refractivity contribution in [1.82, 2.24) is 4.98 Å². The fourth-order valence-corrected chi connectivity index (χ4v) is 2.72. The molecular formula is C19H17BrN2. The van der Waals surface area contributed by atoms with E-state index in [9.17, 15) is 0 Å². The van der Waals surface area contributed by atoms with Gasteiger partial charge in [0.2, 0.25) is 0 Å². The summed E-state index contributed by atoms with van der Waals surface area (Å²) in [6, 6.07) is 16.7. The van der Waals surface area contributed by atoms with Gasteiger partial charge >= 0.3 is 0 Å². The number of hydrogen-bond acceptors (Lipinski definition) is 2. The van der Waals surface area contributed by atoms with E-state index in [0.717, 1.165) is 15.4 Å². The van der Waals surface area contributed by atoms with Crippen LogP contribution in [0.4, 0.5) is 5.69 Å². The van der Waals surface area contributed by atoms with E-state index >= 15 is 0 Å². The molecule has 1 aromatic heterocycles. The standard InChI is InChI=1S/C19H17BrN2/c1-22(2)17-8-4-14(5-9-17)3-6-15-11-12-21-19-10-7-16(20)13-18(15)19/h3-13H,1-2H3. The maximum Gasteiger partial charge on any atom is 0.0708 e. The third kappa shape index (κ3) is 3.20. The first kappa shape index (κ1) is 14.8. The number of anilines is 1. The normalized spacial score (nSPS) is 11.2. The molecule has 0 saturated heterocycles. The first-order chi connectivity index (χ1) is 10.6. The van der Waals surface area contributed by atoms with Gasteiger partial charge in [0.25, 0.3) is 0 Å². The molecule has 0 aliphatic carbocycles. The number of nitrogens with zero attached hydrogens (tertiary/aromatic N) is 2. The van der Waals surface area contributed by atoms with E-state index in [1.165, 1.54) is 16.8 Å². The van der Waals surface area contributed by atoms with E-state index in [0.29, 0.717) is 0 Å². The summed E-state index contributed by atoms with van der Waals surface area (Å²) in [5.41, 5.74) is 4.57. The number of rotatable bonds is 3. The van der Waals surface area contributed by atoms with E-state index in [2.05, 4.69) is 68.3 Å². The van der Waals surface area contributed by atoms with E-state index in [4.69, 9.17) is 0 Å². The van der Waals surface area contributed by atoms with E-state index in [-0.39, 0.29) is 0 Å². The van der Waals surface area contributed by atoms with Crippen LogP contribution in [0.1, 0.15) is 11.1 Å². The zero-order valence-electron chi connectivity index (χ0n) is 12.6. The van der Waals surface area contributed by atoms with Crippen LogP contribution >= 0.6 is 15.9 Å². The van der Waals surface area contributed by atoms with Crippen LogP contribution in [-0.2, 0) is 0 Å². The monoisotopic (exact) mass is 352 g/mol. The Morgan fingerprint density at radius 1 is 0.955 bits per heavy atom. The highest BCUT2D eigenvalue weighted by molar-refractivity contribution is 9.10. The Bertz CT molecular complexity index is 820. The molecule has 0 radical (unpaired) electrons. The van der Waals surface area contributed by atoms with Gasteiger partial charge in [0.15, 0.2) is 0 Å². The number of pyridine rings is 1. The molecule has 0 aliphatic heterocycles. The number of fused-ring (bicyclic) bond motifs is 1. The fourth-order valence-electron chi connectivity index (χ4n) is 2.35. The van der Waals surface area contributed by atoms with Crippen molar-refractivity contribution in [2.75, 3.05) is 19.0 Å². The Balaban J connectivity index is 1.93. The Labute approximate surface area is 139 Å². The summed E-state index contributed by atoms with van der Waals surface area (Å²) in [6.07, 6.45) is 6.13. The summed E-state index contributed by atoms with van der Waals surface area (Å²) in [5.74, 6) is 0. The summed E-state index contributed by atoms with van der Waals surface area (Å²) >= 11 is 3.53. The van der Waals surface area contributed by atoms with Gasteiger partial charge in [-0.05, 0) is 47.5 Å². The van der Waals surface area contributed by atoms with Crippen LogP contribution in [0.2, 0.25) is 0 Å². The van der Waals surface area contributed by atoms with Crippen LogP contribution in [0, 0.1) is 0 Å². The van der Waals surface area contributed by atoms with Crippen LogP contribution in [-0.4, -0.2) is 19.1 Å². The van der Waals surface area contributed by atoms with Crippen LogP contribution in [0.15, 0.2) is 59.2 Å². The van der Waals surface area contributed by atoms with Crippen molar-refractivity contribution in [2.24, 2.45) is 0 Å². The number of aromatic nitrogens is 1. The van der Waals surface area contributed by atoms with Gasteiger partial charge in [-0.25, -0.2) is 0 Å². The lowest BCUT2D eigenvalue weighted by Gasteiger charge is -2.11. The first-order valence-electron chi connectivity index (χ1n) is 7.13. The van der Waals surface area contributed by atoms with Gasteiger partial charge in [-0.1, -0.05) is 40.2 Å². The molecule has 0 bridgehead atoms. The lowest BCUT2D eigenvalue weighted by Crippen LogP contribution is -2.07. The summed E-state index contributed by atoms with van der Waals surface area (Å²) in [6.45, 7) is 0. The average Bonchev–Trinajstić information content (AvgIpc) is 2.53. The molecule has 0 fully saturated rings. The average molecular weight is 353 g/mol. The second-order valence-electron chi connectivity index (χ2n) is 5.38. The maximum absolute atomic E-state index is 4.41. The molecular weight excluding hydrogens is 336 g/mol. The third-order valence-corrected chi connectivity index (χ3v) is 4.10. The zero-order valence-corrected chi connectivity index (χ0v) is 14.2. The Morgan fingerprint density at radius 3 is 2.45 bits per heavy atom. The van der Waals surface area contributed by atoms with Crippen molar-refractivity contribution in [3.05, 3.63) is 70.3 Å². The third-order valence-electron chi connectivity index (χ3n) is 3.60. The molecule has 3 aromatic rings. The highest BCUT2D eigenvalue weighted by atomic mass is 79.9. The zero-order chi connectivity index (χ0) is 15.5. The summed E-state index contributed by atoms with van der Waals surface area (Å²) in [5, 5.41) is 1.15. The van der Waals surface area contributed by atoms with Gasteiger partial charge in [0.1, 0.15) is 0 Å². The van der Waals surface area contributed by atoms with Gasteiger partial charge in [0.05, 0.1) is 5.52 Å². The molecule has 0 unspecified atom stereocenters. The molecule has 2 aromatic carbocycles. The molecule has 1 heterocycles. The molecule has 2 nitrogen and oxygen atoms in total. The van der Waals surface area contributed by atoms with Crippen molar-refractivity contribution >= 4 is 44.7 Å². The second-order valence-corrected chi connectivity index (χ2v) is 6.30. The minimum Gasteiger partial charge on any atom is -0.378 e. The Hall–Kier alpha value is -2.13. The SMILES string of the molecule is CN(C)c1ccc(C=Cc2ccnc3ccc(Br)cc23)cc1. The predicted octanol–water partition coefficient (Wildman–Crippen LogP) is 5.23. The molecule has 0 atom stereocenters. The van der Waals surface area contributed by atoms with Crippen molar-refractivity contribution in [2.45, 2.75) is 0 Å². The van der Waals surface area contributed by atoms with Crippen LogP contribution < -0.4 is 4.90 Å². The minimum atomic E-state index is 1.01. The predicted molar refractivity (Wildman–Crippen MR) is 99.1 cm³/mol. The summed E-state index contributed by atoms with van der Waals surface area (Å²) in [4.78, 5) is 6.51. The van der Waals surface area contributed by atoms with Crippen LogP contribution in [0.3, 0.4) is 0 Å². The van der Waals surface area contributed by atoms with Crippen molar-refractivity contribution in [3.63, 3.8) is 0 Å². The van der Waals surface area contributed by atoms with E-state index in [1.54, 1.807) is 0 Å². The summed E-state index contributed by atoms with van der Waals surface area (Å²) in [7, 11) is 4.09. The van der Waals surface area contributed by atoms with E-state index in [1.807, 2.05) is 38.5 Å². The molecule has 22 heavy (non-hydrogen) atoms. The van der Waals surface area contributed by atoms with Crippen LogP contribution in [0.25, 0.3) is 23.1 Å². The fraction of sp³-hybridized carbons (Fsp3) is 0.105. The number of halogens is 1. The largest absolute Gasteiger partial charge is 0.378 e. The molecule has 0 N–H and O–H groups in total. The molecule has 0 aliphatic rings.